The number of hydrogen-bond acceptors (Lipinski definition) is 4. The fourth-order valence-electron chi connectivity index (χ4n) is 4.36. The van der Waals surface area contributed by atoms with Crippen molar-refractivity contribution in [2.75, 3.05) is 58.2 Å². The summed E-state index contributed by atoms with van der Waals surface area (Å²) in [6, 6.07) is 15.2. The number of likely N-dealkylation sites (tertiary alicyclic amines) is 1. The van der Waals surface area contributed by atoms with Crippen LogP contribution in [0.4, 0.5) is 5.69 Å². The van der Waals surface area contributed by atoms with Crippen molar-refractivity contribution in [1.29, 1.82) is 0 Å². The molecule has 0 radical (unpaired) electrons. The van der Waals surface area contributed by atoms with Crippen LogP contribution >= 0.6 is 0 Å². The Morgan fingerprint density at radius 2 is 1.67 bits per heavy atom. The molecule has 0 atom stereocenters. The van der Waals surface area contributed by atoms with E-state index in [1.54, 1.807) is 0 Å². The van der Waals surface area contributed by atoms with Gasteiger partial charge in [0.05, 0.1) is 6.54 Å². The first-order chi connectivity index (χ1) is 13.2. The van der Waals surface area contributed by atoms with Gasteiger partial charge in [0.2, 0.25) is 5.91 Å². The Morgan fingerprint density at radius 3 is 2.44 bits per heavy atom. The van der Waals surface area contributed by atoms with Gasteiger partial charge in [-0.25, -0.2) is 0 Å². The van der Waals surface area contributed by atoms with E-state index in [4.69, 9.17) is 0 Å². The molecule has 144 valence electrons. The summed E-state index contributed by atoms with van der Waals surface area (Å²) in [5, 5.41) is 5.72. The lowest BCUT2D eigenvalue weighted by Crippen LogP contribution is -2.54. The number of carbonyl (C=O) groups excluding carboxylic acids is 1. The summed E-state index contributed by atoms with van der Waals surface area (Å²) in [7, 11) is 2.20. The molecule has 2 fully saturated rings. The molecule has 4 rings (SSSR count). The summed E-state index contributed by atoms with van der Waals surface area (Å²) < 4.78 is 0. The zero-order valence-electron chi connectivity index (χ0n) is 16.2. The number of piperidine rings is 1. The van der Waals surface area contributed by atoms with E-state index in [2.05, 4.69) is 40.4 Å². The minimum absolute atomic E-state index is 0.200. The third-order valence-electron chi connectivity index (χ3n) is 6.09. The Kier molecular flexibility index (Phi) is 5.60. The summed E-state index contributed by atoms with van der Waals surface area (Å²) in [4.78, 5) is 19.7. The monoisotopic (exact) mass is 366 g/mol. The molecule has 1 N–H and O–H groups in total. The second-order valence-electron chi connectivity index (χ2n) is 7.83. The summed E-state index contributed by atoms with van der Waals surface area (Å²) >= 11 is 0. The minimum Gasteiger partial charge on any atom is -0.376 e. The van der Waals surface area contributed by atoms with Crippen LogP contribution in [0.15, 0.2) is 42.5 Å². The average Bonchev–Trinajstić information content (AvgIpc) is 2.72. The third-order valence-corrected chi connectivity index (χ3v) is 6.09. The van der Waals surface area contributed by atoms with Crippen LogP contribution < -0.4 is 5.32 Å². The molecule has 0 aromatic heterocycles. The lowest BCUT2D eigenvalue weighted by Gasteiger charge is -2.42. The molecule has 27 heavy (non-hydrogen) atoms. The molecule has 0 unspecified atom stereocenters. The second-order valence-corrected chi connectivity index (χ2v) is 7.83. The van der Waals surface area contributed by atoms with Crippen molar-refractivity contribution in [3.63, 3.8) is 0 Å². The van der Waals surface area contributed by atoms with Crippen LogP contribution in [0.3, 0.4) is 0 Å². The van der Waals surface area contributed by atoms with Gasteiger partial charge in [-0.2, -0.15) is 0 Å². The van der Waals surface area contributed by atoms with E-state index in [0.717, 1.165) is 31.9 Å². The Morgan fingerprint density at radius 1 is 0.963 bits per heavy atom. The largest absolute Gasteiger partial charge is 0.376 e. The topological polar surface area (TPSA) is 38.8 Å². The lowest BCUT2D eigenvalue weighted by atomic mass is 10.0. The van der Waals surface area contributed by atoms with E-state index in [-0.39, 0.29) is 5.91 Å². The maximum absolute atomic E-state index is 12.7. The predicted octanol–water partition coefficient (Wildman–Crippen LogP) is 2.49. The maximum Gasteiger partial charge on any atom is 0.241 e. The van der Waals surface area contributed by atoms with Crippen molar-refractivity contribution in [1.82, 2.24) is 14.7 Å². The van der Waals surface area contributed by atoms with E-state index >= 15 is 0 Å². The van der Waals surface area contributed by atoms with Crippen molar-refractivity contribution in [2.45, 2.75) is 18.9 Å². The average molecular weight is 367 g/mol. The number of benzene rings is 2. The first-order valence-electron chi connectivity index (χ1n) is 10.1. The maximum atomic E-state index is 12.7. The van der Waals surface area contributed by atoms with Crippen LogP contribution in [0.2, 0.25) is 0 Å². The van der Waals surface area contributed by atoms with Gasteiger partial charge < -0.3 is 15.1 Å². The molecule has 2 heterocycles. The van der Waals surface area contributed by atoms with Gasteiger partial charge >= 0.3 is 0 Å². The van der Waals surface area contributed by atoms with E-state index in [1.807, 2.05) is 29.2 Å². The van der Waals surface area contributed by atoms with Crippen LogP contribution in [0.5, 0.6) is 0 Å². The molecule has 0 aliphatic carbocycles. The van der Waals surface area contributed by atoms with Gasteiger partial charge in [0.25, 0.3) is 0 Å². The van der Waals surface area contributed by atoms with Crippen molar-refractivity contribution in [3.8, 4) is 0 Å². The molecule has 5 heteroatoms. The minimum atomic E-state index is 0.200. The van der Waals surface area contributed by atoms with E-state index in [1.165, 1.54) is 36.7 Å². The molecular formula is C22H30N4O. The number of rotatable bonds is 4. The summed E-state index contributed by atoms with van der Waals surface area (Å²) in [5.41, 5.74) is 1.03. The van der Waals surface area contributed by atoms with Crippen LogP contribution in [-0.2, 0) is 4.79 Å². The van der Waals surface area contributed by atoms with Crippen LogP contribution in [0.25, 0.3) is 10.8 Å². The van der Waals surface area contributed by atoms with Gasteiger partial charge in [-0.05, 0) is 44.4 Å². The fourth-order valence-corrected chi connectivity index (χ4v) is 4.36. The van der Waals surface area contributed by atoms with E-state index in [0.29, 0.717) is 12.6 Å². The smallest absolute Gasteiger partial charge is 0.241 e. The lowest BCUT2D eigenvalue weighted by molar-refractivity contribution is -0.131. The zero-order chi connectivity index (χ0) is 18.6. The normalized spacial score (nSPS) is 20.1. The van der Waals surface area contributed by atoms with E-state index < -0.39 is 0 Å². The van der Waals surface area contributed by atoms with Crippen LogP contribution in [-0.4, -0.2) is 79.5 Å². The van der Waals surface area contributed by atoms with Gasteiger partial charge in [-0.1, -0.05) is 36.4 Å². The predicted molar refractivity (Wildman–Crippen MR) is 111 cm³/mol. The van der Waals surface area contributed by atoms with Crippen LogP contribution in [0.1, 0.15) is 12.8 Å². The van der Waals surface area contributed by atoms with Crippen molar-refractivity contribution < 1.29 is 4.79 Å². The molecule has 2 saturated heterocycles. The molecule has 2 aliphatic heterocycles. The van der Waals surface area contributed by atoms with Gasteiger partial charge in [-0.15, -0.1) is 0 Å². The number of amides is 1. The number of nitrogens with zero attached hydrogens (tertiary/aromatic N) is 3. The standard InChI is InChI=1S/C22H30N4O/c1-24-11-9-19(10-12-24)25-13-15-26(16-14-25)22(27)17-23-21-8-4-6-18-5-2-3-7-20(18)21/h2-8,19,23H,9-17H2,1H3. The Labute approximate surface area is 161 Å². The molecule has 1 amide bonds. The summed E-state index contributed by atoms with van der Waals surface area (Å²) in [6.45, 7) is 6.47. The van der Waals surface area contributed by atoms with Crippen molar-refractivity contribution in [2.24, 2.45) is 0 Å². The van der Waals surface area contributed by atoms with E-state index in [9.17, 15) is 4.79 Å². The molecule has 2 aliphatic rings. The Balaban J connectivity index is 1.28. The summed E-state index contributed by atoms with van der Waals surface area (Å²) in [5.74, 6) is 0.200. The van der Waals surface area contributed by atoms with Gasteiger partial charge in [0.15, 0.2) is 0 Å². The van der Waals surface area contributed by atoms with Crippen molar-refractivity contribution >= 4 is 22.4 Å². The highest BCUT2D eigenvalue weighted by Crippen LogP contribution is 2.23. The quantitative estimate of drug-likeness (QED) is 0.902. The SMILES string of the molecule is CN1CCC(N2CCN(C(=O)CNc3cccc4ccccc34)CC2)CC1. The van der Waals surface area contributed by atoms with Crippen molar-refractivity contribution in [3.05, 3.63) is 42.5 Å². The number of fused-ring (bicyclic) bond motifs is 1. The first kappa shape index (κ1) is 18.3. The van der Waals surface area contributed by atoms with Gasteiger partial charge in [-0.3, -0.25) is 9.69 Å². The van der Waals surface area contributed by atoms with Gasteiger partial charge in [0, 0.05) is 43.3 Å². The highest BCUT2D eigenvalue weighted by Gasteiger charge is 2.27. The molecular weight excluding hydrogens is 336 g/mol. The fraction of sp³-hybridized carbons (Fsp3) is 0.500. The first-order valence-corrected chi connectivity index (χ1v) is 10.1. The Hall–Kier alpha value is -2.11. The third kappa shape index (κ3) is 4.25. The molecule has 2 aromatic carbocycles. The zero-order valence-corrected chi connectivity index (χ0v) is 16.2. The molecule has 5 nitrogen and oxygen atoms in total. The summed E-state index contributed by atoms with van der Waals surface area (Å²) in [6.07, 6.45) is 2.51. The highest BCUT2D eigenvalue weighted by molar-refractivity contribution is 5.95. The molecule has 0 spiro atoms. The number of piperazine rings is 1. The van der Waals surface area contributed by atoms with Crippen LogP contribution in [0, 0.1) is 0 Å². The Bertz CT molecular complexity index is 771. The molecule has 0 bridgehead atoms. The number of anilines is 1. The number of nitrogens with one attached hydrogen (secondary N) is 1. The van der Waals surface area contributed by atoms with Gasteiger partial charge in [0.1, 0.15) is 0 Å². The molecule has 0 saturated carbocycles. The highest BCUT2D eigenvalue weighted by atomic mass is 16.2. The second kappa shape index (κ2) is 8.28. The number of carbonyl (C=O) groups is 1. The molecule has 2 aromatic rings. The number of hydrogen-bond donors (Lipinski definition) is 1.